The number of hydrogen-bond acceptors (Lipinski definition) is 4. The van der Waals surface area contributed by atoms with Crippen molar-refractivity contribution < 1.29 is 4.74 Å². The van der Waals surface area contributed by atoms with Gasteiger partial charge in [0.05, 0.1) is 22.7 Å². The molecule has 0 saturated heterocycles. The molecule has 6 nitrogen and oxygen atoms in total. The molecule has 0 unspecified atom stereocenters. The van der Waals surface area contributed by atoms with Crippen LogP contribution in [0.3, 0.4) is 0 Å². The average Bonchev–Trinajstić information content (AvgIpc) is 3.05. The van der Waals surface area contributed by atoms with Gasteiger partial charge in [-0.3, -0.25) is 9.36 Å². The van der Waals surface area contributed by atoms with Crippen molar-refractivity contribution in [2.75, 3.05) is 0 Å². The van der Waals surface area contributed by atoms with Crippen molar-refractivity contribution in [3.05, 3.63) is 59.0 Å². The number of ether oxygens (including phenoxy) is 1. The van der Waals surface area contributed by atoms with Gasteiger partial charge in [0.25, 0.3) is 5.56 Å². The zero-order chi connectivity index (χ0) is 17.6. The molecule has 25 heavy (non-hydrogen) atoms. The predicted octanol–water partition coefficient (Wildman–Crippen LogP) is 3.04. The summed E-state index contributed by atoms with van der Waals surface area (Å²) in [6, 6.07) is 13.1. The van der Waals surface area contributed by atoms with Gasteiger partial charge in [-0.2, -0.15) is 5.10 Å². The monoisotopic (exact) mass is 334 g/mol. The normalized spacial score (nSPS) is 11.5. The molecule has 4 aromatic rings. The van der Waals surface area contributed by atoms with Crippen LogP contribution >= 0.6 is 0 Å². The van der Waals surface area contributed by atoms with Gasteiger partial charge in [0, 0.05) is 30.9 Å². The number of nitrogens with zero attached hydrogens (tertiary/aromatic N) is 4. The van der Waals surface area contributed by atoms with Crippen molar-refractivity contribution in [1.29, 1.82) is 0 Å². The van der Waals surface area contributed by atoms with Crippen molar-refractivity contribution in [3.8, 4) is 17.1 Å². The molecule has 1 aromatic carbocycles. The van der Waals surface area contributed by atoms with Gasteiger partial charge in [0.2, 0.25) is 5.88 Å². The van der Waals surface area contributed by atoms with Crippen molar-refractivity contribution in [2.24, 2.45) is 7.05 Å². The van der Waals surface area contributed by atoms with Crippen LogP contribution < -0.4 is 10.3 Å². The minimum Gasteiger partial charge on any atom is -0.475 e. The highest BCUT2D eigenvalue weighted by Gasteiger charge is 2.13. The Morgan fingerprint density at radius 1 is 1.12 bits per heavy atom. The largest absolute Gasteiger partial charge is 0.475 e. The second-order valence-corrected chi connectivity index (χ2v) is 6.23. The second kappa shape index (κ2) is 5.73. The summed E-state index contributed by atoms with van der Waals surface area (Å²) < 4.78 is 9.08. The van der Waals surface area contributed by atoms with Crippen LogP contribution in [-0.2, 0) is 7.05 Å². The molecule has 0 aliphatic heterocycles. The first-order valence-electron chi connectivity index (χ1n) is 8.15. The van der Waals surface area contributed by atoms with Crippen LogP contribution in [-0.4, -0.2) is 25.3 Å². The van der Waals surface area contributed by atoms with E-state index in [4.69, 9.17) is 9.84 Å². The maximum absolute atomic E-state index is 12.6. The van der Waals surface area contributed by atoms with Gasteiger partial charge in [-0.05, 0) is 32.0 Å². The zero-order valence-corrected chi connectivity index (χ0v) is 14.3. The molecule has 0 amide bonds. The Morgan fingerprint density at radius 2 is 1.92 bits per heavy atom. The minimum atomic E-state index is -0.0342. The first kappa shape index (κ1) is 15.4. The highest BCUT2D eigenvalue weighted by Crippen LogP contribution is 2.24. The van der Waals surface area contributed by atoms with Crippen molar-refractivity contribution in [3.63, 3.8) is 0 Å². The summed E-state index contributed by atoms with van der Waals surface area (Å²) >= 11 is 0. The predicted molar refractivity (Wildman–Crippen MR) is 96.9 cm³/mol. The molecule has 0 saturated carbocycles. The summed E-state index contributed by atoms with van der Waals surface area (Å²) in [6.07, 6.45) is 1.75. The number of benzene rings is 1. The van der Waals surface area contributed by atoms with Gasteiger partial charge >= 0.3 is 0 Å². The summed E-state index contributed by atoms with van der Waals surface area (Å²) in [7, 11) is 1.76. The van der Waals surface area contributed by atoms with E-state index >= 15 is 0 Å². The molecular weight excluding hydrogens is 316 g/mol. The van der Waals surface area contributed by atoms with Crippen LogP contribution in [0, 0.1) is 0 Å². The molecule has 126 valence electrons. The molecule has 0 radical (unpaired) electrons. The van der Waals surface area contributed by atoms with Crippen molar-refractivity contribution in [1.82, 2.24) is 19.2 Å². The third-order valence-corrected chi connectivity index (χ3v) is 4.09. The lowest BCUT2D eigenvalue weighted by atomic mass is 10.2. The lowest BCUT2D eigenvalue weighted by Gasteiger charge is -2.08. The lowest BCUT2D eigenvalue weighted by Crippen LogP contribution is -2.19. The quantitative estimate of drug-likeness (QED) is 0.578. The smallest absolute Gasteiger partial charge is 0.261 e. The van der Waals surface area contributed by atoms with Crippen LogP contribution in [0.2, 0.25) is 0 Å². The van der Waals surface area contributed by atoms with Crippen LogP contribution in [0.5, 0.6) is 5.88 Å². The van der Waals surface area contributed by atoms with Crippen LogP contribution in [0.4, 0.5) is 0 Å². The Labute approximate surface area is 144 Å². The fourth-order valence-corrected chi connectivity index (χ4v) is 2.93. The second-order valence-electron chi connectivity index (χ2n) is 6.23. The van der Waals surface area contributed by atoms with Gasteiger partial charge < -0.3 is 4.74 Å². The molecule has 0 spiro atoms. The fraction of sp³-hybridized carbons (Fsp3) is 0.211. The van der Waals surface area contributed by atoms with Gasteiger partial charge in [0.1, 0.15) is 5.65 Å². The minimum absolute atomic E-state index is 0.0342. The third-order valence-electron chi connectivity index (χ3n) is 4.09. The van der Waals surface area contributed by atoms with Crippen molar-refractivity contribution >= 4 is 16.6 Å². The highest BCUT2D eigenvalue weighted by atomic mass is 16.5. The molecule has 4 rings (SSSR count). The summed E-state index contributed by atoms with van der Waals surface area (Å²) in [4.78, 5) is 16.8. The lowest BCUT2D eigenvalue weighted by molar-refractivity contribution is 0.233. The molecule has 3 aromatic heterocycles. The number of para-hydroxylation sites is 1. The summed E-state index contributed by atoms with van der Waals surface area (Å²) in [5, 5.41) is 5.35. The molecule has 6 heteroatoms. The Balaban J connectivity index is 1.94. The zero-order valence-electron chi connectivity index (χ0n) is 14.3. The first-order valence-corrected chi connectivity index (χ1v) is 8.15. The van der Waals surface area contributed by atoms with E-state index in [0.717, 1.165) is 22.4 Å². The molecule has 0 bridgehead atoms. The Morgan fingerprint density at radius 3 is 2.72 bits per heavy atom. The Kier molecular flexibility index (Phi) is 3.53. The molecule has 0 fully saturated rings. The van der Waals surface area contributed by atoms with E-state index < -0.39 is 0 Å². The summed E-state index contributed by atoms with van der Waals surface area (Å²) in [6.45, 7) is 3.92. The molecule has 0 aliphatic rings. The molecule has 3 heterocycles. The van der Waals surface area contributed by atoms with E-state index in [1.807, 2.05) is 56.3 Å². The number of rotatable bonds is 3. The van der Waals surface area contributed by atoms with Crippen LogP contribution in [0.1, 0.15) is 13.8 Å². The van der Waals surface area contributed by atoms with Crippen LogP contribution in [0.25, 0.3) is 27.8 Å². The topological polar surface area (TPSA) is 61.4 Å². The molecule has 0 atom stereocenters. The average molecular weight is 334 g/mol. The number of aryl methyl sites for hydroxylation is 1. The maximum atomic E-state index is 12.6. The number of aromatic nitrogens is 4. The Bertz CT molecular complexity index is 1140. The maximum Gasteiger partial charge on any atom is 0.261 e. The van der Waals surface area contributed by atoms with E-state index in [1.54, 1.807) is 22.3 Å². The fourth-order valence-electron chi connectivity index (χ4n) is 2.93. The standard InChI is InChI=1S/C19H18N4O2/c1-12(2)25-17-10-13(8-9-20-17)15-11-18-22(3)19(24)14-6-4-5-7-16(14)23(18)21-15/h4-12H,1-3H3. The van der Waals surface area contributed by atoms with Gasteiger partial charge in [-0.1, -0.05) is 12.1 Å². The third kappa shape index (κ3) is 2.55. The van der Waals surface area contributed by atoms with E-state index in [9.17, 15) is 4.79 Å². The summed E-state index contributed by atoms with van der Waals surface area (Å²) in [5.74, 6) is 0.559. The Hall–Kier alpha value is -3.15. The molecule has 0 aliphatic carbocycles. The van der Waals surface area contributed by atoms with E-state index in [1.165, 1.54) is 0 Å². The molecular formula is C19H18N4O2. The SMILES string of the molecule is CC(C)Oc1cc(-c2cc3n(C)c(=O)c4ccccc4n3n2)ccn1. The van der Waals surface area contributed by atoms with E-state index in [2.05, 4.69) is 4.98 Å². The van der Waals surface area contributed by atoms with Gasteiger partial charge in [0.15, 0.2) is 0 Å². The van der Waals surface area contributed by atoms with Gasteiger partial charge in [-0.15, -0.1) is 0 Å². The number of fused-ring (bicyclic) bond motifs is 3. The van der Waals surface area contributed by atoms with E-state index in [0.29, 0.717) is 11.3 Å². The van der Waals surface area contributed by atoms with E-state index in [-0.39, 0.29) is 11.7 Å². The highest BCUT2D eigenvalue weighted by molar-refractivity contribution is 5.81. The molecule has 0 N–H and O–H groups in total. The number of hydrogen-bond donors (Lipinski definition) is 0. The van der Waals surface area contributed by atoms with Gasteiger partial charge in [-0.25, -0.2) is 9.50 Å². The first-order chi connectivity index (χ1) is 12.0. The van der Waals surface area contributed by atoms with Crippen LogP contribution in [0.15, 0.2) is 53.5 Å². The number of pyridine rings is 1. The summed E-state index contributed by atoms with van der Waals surface area (Å²) in [5.41, 5.74) is 3.16. The van der Waals surface area contributed by atoms with Crippen molar-refractivity contribution in [2.45, 2.75) is 20.0 Å².